The maximum atomic E-state index is 5.61. The molecule has 1 aromatic carbocycles. The largest absolute Gasteiger partial charge is 0.494 e. The van der Waals surface area contributed by atoms with E-state index in [0.717, 1.165) is 42.3 Å². The number of aromatic nitrogens is 1. The fraction of sp³-hybridized carbons (Fsp3) is 0.471. The Morgan fingerprint density at radius 3 is 2.62 bits per heavy atom. The second kappa shape index (κ2) is 8.15. The Balaban J connectivity index is 2.03. The highest BCUT2D eigenvalue weighted by Gasteiger charge is 2.10. The van der Waals surface area contributed by atoms with E-state index in [0.29, 0.717) is 6.04 Å². The van der Waals surface area contributed by atoms with Gasteiger partial charge in [0.15, 0.2) is 0 Å². The Morgan fingerprint density at radius 2 is 1.95 bits per heavy atom. The number of ether oxygens (including phenoxy) is 1. The summed E-state index contributed by atoms with van der Waals surface area (Å²) in [6, 6.07) is 8.56. The number of nitrogens with zero attached hydrogens (tertiary/aromatic N) is 1. The average molecular weight is 304 g/mol. The van der Waals surface area contributed by atoms with Gasteiger partial charge in [-0.1, -0.05) is 13.8 Å². The highest BCUT2D eigenvalue weighted by molar-refractivity contribution is 7.15. The third-order valence-corrected chi connectivity index (χ3v) is 4.45. The van der Waals surface area contributed by atoms with Crippen LogP contribution in [0.5, 0.6) is 5.75 Å². The van der Waals surface area contributed by atoms with E-state index < -0.39 is 0 Å². The van der Waals surface area contributed by atoms with Gasteiger partial charge in [0.1, 0.15) is 10.8 Å². The van der Waals surface area contributed by atoms with Crippen LogP contribution in [-0.2, 0) is 0 Å². The van der Waals surface area contributed by atoms with Crippen LogP contribution in [-0.4, -0.2) is 18.1 Å². The quantitative estimate of drug-likeness (QED) is 0.770. The molecular formula is C17H24N2OS. The fourth-order valence-electron chi connectivity index (χ4n) is 2.00. The van der Waals surface area contributed by atoms with Crippen LogP contribution in [0.25, 0.3) is 10.6 Å². The zero-order valence-corrected chi connectivity index (χ0v) is 13.9. The molecule has 0 aliphatic heterocycles. The topological polar surface area (TPSA) is 34.2 Å². The van der Waals surface area contributed by atoms with E-state index in [4.69, 9.17) is 4.74 Å². The van der Waals surface area contributed by atoms with Crippen molar-refractivity contribution in [3.8, 4) is 16.3 Å². The zero-order chi connectivity index (χ0) is 15.1. The predicted octanol–water partition coefficient (Wildman–Crippen LogP) is 4.66. The number of hydrogen-bond donors (Lipinski definition) is 1. The highest BCUT2D eigenvalue weighted by Crippen LogP contribution is 2.29. The van der Waals surface area contributed by atoms with Crippen LogP contribution in [0, 0.1) is 0 Å². The van der Waals surface area contributed by atoms with E-state index in [1.165, 1.54) is 4.88 Å². The molecule has 3 nitrogen and oxygen atoms in total. The molecule has 1 aromatic heterocycles. The normalized spacial score (nSPS) is 12.3. The van der Waals surface area contributed by atoms with Gasteiger partial charge in [-0.25, -0.2) is 4.98 Å². The van der Waals surface area contributed by atoms with Crippen LogP contribution in [0.3, 0.4) is 0 Å². The van der Waals surface area contributed by atoms with Crippen LogP contribution < -0.4 is 10.1 Å². The lowest BCUT2D eigenvalue weighted by atomic mass is 10.2. The monoisotopic (exact) mass is 304 g/mol. The lowest BCUT2D eigenvalue weighted by Gasteiger charge is -2.09. The molecule has 0 aliphatic rings. The van der Waals surface area contributed by atoms with Gasteiger partial charge in [0.25, 0.3) is 0 Å². The van der Waals surface area contributed by atoms with Crippen molar-refractivity contribution in [1.82, 2.24) is 10.3 Å². The Hall–Kier alpha value is -1.39. The molecule has 2 rings (SSSR count). The summed E-state index contributed by atoms with van der Waals surface area (Å²) in [5, 5.41) is 4.56. The first kappa shape index (κ1) is 16.0. The van der Waals surface area contributed by atoms with Crippen LogP contribution in [0.2, 0.25) is 0 Å². The molecule has 0 radical (unpaired) electrons. The summed E-state index contributed by atoms with van der Waals surface area (Å²) in [6.45, 7) is 8.28. The summed E-state index contributed by atoms with van der Waals surface area (Å²) in [5.41, 5.74) is 1.15. The molecule has 1 heterocycles. The van der Waals surface area contributed by atoms with Gasteiger partial charge in [-0.15, -0.1) is 11.3 Å². The number of thiazole rings is 1. The number of rotatable bonds is 8. The van der Waals surface area contributed by atoms with Gasteiger partial charge in [0.05, 0.1) is 6.61 Å². The first-order valence-corrected chi connectivity index (χ1v) is 8.48. The van der Waals surface area contributed by atoms with Gasteiger partial charge in [0, 0.05) is 22.7 Å². The molecule has 1 unspecified atom stereocenters. The molecule has 114 valence electrons. The molecule has 1 atom stereocenters. The molecule has 0 saturated carbocycles. The van der Waals surface area contributed by atoms with E-state index in [1.54, 1.807) is 11.3 Å². The molecule has 0 fully saturated rings. The smallest absolute Gasteiger partial charge is 0.123 e. The maximum Gasteiger partial charge on any atom is 0.123 e. The molecule has 0 saturated heterocycles. The van der Waals surface area contributed by atoms with Crippen molar-refractivity contribution in [2.75, 3.05) is 13.2 Å². The van der Waals surface area contributed by atoms with Crippen molar-refractivity contribution >= 4 is 11.3 Å². The van der Waals surface area contributed by atoms with Crippen LogP contribution in [0.4, 0.5) is 0 Å². The summed E-state index contributed by atoms with van der Waals surface area (Å²) >= 11 is 1.75. The standard InChI is InChI=1S/C17H24N2OS/c1-4-10-18-13(3)16-12-19-17(21-16)14-6-8-15(9-7-14)20-11-5-2/h6-9,12-13,18H,4-5,10-11H2,1-3H3. The van der Waals surface area contributed by atoms with E-state index in [2.05, 4.69) is 43.2 Å². The third-order valence-electron chi connectivity index (χ3n) is 3.22. The van der Waals surface area contributed by atoms with Crippen LogP contribution >= 0.6 is 11.3 Å². The van der Waals surface area contributed by atoms with Crippen molar-refractivity contribution < 1.29 is 4.74 Å². The summed E-state index contributed by atoms with van der Waals surface area (Å²) in [4.78, 5) is 5.83. The first-order chi connectivity index (χ1) is 10.2. The maximum absolute atomic E-state index is 5.61. The van der Waals surface area contributed by atoms with E-state index in [1.807, 2.05) is 18.3 Å². The van der Waals surface area contributed by atoms with Crippen LogP contribution in [0.1, 0.15) is 44.5 Å². The van der Waals surface area contributed by atoms with Crippen molar-refractivity contribution in [2.24, 2.45) is 0 Å². The van der Waals surface area contributed by atoms with Crippen molar-refractivity contribution in [1.29, 1.82) is 0 Å². The van der Waals surface area contributed by atoms with Gasteiger partial charge >= 0.3 is 0 Å². The lowest BCUT2D eigenvalue weighted by molar-refractivity contribution is 0.317. The summed E-state index contributed by atoms with van der Waals surface area (Å²) in [5.74, 6) is 0.926. The number of nitrogens with one attached hydrogen (secondary N) is 1. The number of benzene rings is 1. The van der Waals surface area contributed by atoms with E-state index in [9.17, 15) is 0 Å². The molecule has 0 amide bonds. The van der Waals surface area contributed by atoms with Crippen molar-refractivity contribution in [2.45, 2.75) is 39.7 Å². The van der Waals surface area contributed by atoms with Gasteiger partial charge in [-0.3, -0.25) is 0 Å². The summed E-state index contributed by atoms with van der Waals surface area (Å²) in [7, 11) is 0. The van der Waals surface area contributed by atoms with Crippen molar-refractivity contribution in [3.05, 3.63) is 35.3 Å². The van der Waals surface area contributed by atoms with Crippen LogP contribution in [0.15, 0.2) is 30.5 Å². The van der Waals surface area contributed by atoms with Gasteiger partial charge in [0.2, 0.25) is 0 Å². The van der Waals surface area contributed by atoms with E-state index in [-0.39, 0.29) is 0 Å². The minimum atomic E-state index is 0.364. The SMILES string of the molecule is CCCNC(C)c1cnc(-c2ccc(OCCC)cc2)s1. The van der Waals surface area contributed by atoms with Gasteiger partial charge in [-0.05, 0) is 50.6 Å². The minimum absolute atomic E-state index is 0.364. The molecular weight excluding hydrogens is 280 g/mol. The second-order valence-electron chi connectivity index (χ2n) is 5.12. The third kappa shape index (κ3) is 4.55. The lowest BCUT2D eigenvalue weighted by Crippen LogP contribution is -2.18. The molecule has 4 heteroatoms. The zero-order valence-electron chi connectivity index (χ0n) is 13.1. The van der Waals surface area contributed by atoms with Gasteiger partial charge < -0.3 is 10.1 Å². The fourth-order valence-corrected chi connectivity index (χ4v) is 2.94. The second-order valence-corrected chi connectivity index (χ2v) is 6.18. The summed E-state index contributed by atoms with van der Waals surface area (Å²) < 4.78 is 5.61. The Bertz CT molecular complexity index is 536. The molecule has 0 bridgehead atoms. The molecule has 21 heavy (non-hydrogen) atoms. The summed E-state index contributed by atoms with van der Waals surface area (Å²) in [6.07, 6.45) is 4.16. The average Bonchev–Trinajstić information content (AvgIpc) is 3.01. The molecule has 2 aromatic rings. The molecule has 0 spiro atoms. The minimum Gasteiger partial charge on any atom is -0.494 e. The van der Waals surface area contributed by atoms with E-state index >= 15 is 0 Å². The Labute approximate surface area is 131 Å². The predicted molar refractivity (Wildman–Crippen MR) is 90.0 cm³/mol. The van der Waals surface area contributed by atoms with Crippen molar-refractivity contribution in [3.63, 3.8) is 0 Å². The highest BCUT2D eigenvalue weighted by atomic mass is 32.1. The Morgan fingerprint density at radius 1 is 1.19 bits per heavy atom. The molecule has 1 N–H and O–H groups in total. The Kier molecular flexibility index (Phi) is 6.21. The molecule has 0 aliphatic carbocycles. The number of hydrogen-bond acceptors (Lipinski definition) is 4. The first-order valence-electron chi connectivity index (χ1n) is 7.67. The van der Waals surface area contributed by atoms with Gasteiger partial charge in [-0.2, -0.15) is 0 Å².